The fourth-order valence-electron chi connectivity index (χ4n) is 3.38. The summed E-state index contributed by atoms with van der Waals surface area (Å²) in [5, 5.41) is 7.69. The zero-order chi connectivity index (χ0) is 19.8. The van der Waals surface area contributed by atoms with Gasteiger partial charge in [-0.2, -0.15) is 0 Å². The van der Waals surface area contributed by atoms with Gasteiger partial charge < -0.3 is 14.6 Å². The third-order valence-electron chi connectivity index (χ3n) is 5.06. The van der Waals surface area contributed by atoms with Crippen molar-refractivity contribution < 1.29 is 14.1 Å². The van der Waals surface area contributed by atoms with E-state index in [-0.39, 0.29) is 5.91 Å². The Balaban J connectivity index is 1.45. The molecular formula is C21H29N3O3S. The SMILES string of the molecule is Cc1noc(C)c1CSc1ncccc1C(=O)NCCCOC1CCCCC1. The van der Waals surface area contributed by atoms with Gasteiger partial charge in [0.2, 0.25) is 0 Å². The van der Waals surface area contributed by atoms with Crippen LogP contribution in [0.4, 0.5) is 0 Å². The molecule has 0 spiro atoms. The standard InChI is InChI=1S/C21H29N3O3S/c1-15-19(16(2)27-24-15)14-28-21-18(10-6-11-23-21)20(25)22-12-7-13-26-17-8-4-3-5-9-17/h6,10-11,17H,3-5,7-9,12-14H2,1-2H3,(H,22,25). The van der Waals surface area contributed by atoms with Crippen LogP contribution in [0.2, 0.25) is 0 Å². The van der Waals surface area contributed by atoms with Crippen molar-refractivity contribution in [1.82, 2.24) is 15.5 Å². The summed E-state index contributed by atoms with van der Waals surface area (Å²) in [6, 6.07) is 3.61. The Morgan fingerprint density at radius 2 is 2.14 bits per heavy atom. The summed E-state index contributed by atoms with van der Waals surface area (Å²) in [7, 11) is 0. The van der Waals surface area contributed by atoms with Gasteiger partial charge in [0.1, 0.15) is 10.8 Å². The van der Waals surface area contributed by atoms with E-state index in [1.807, 2.05) is 19.9 Å². The van der Waals surface area contributed by atoms with E-state index in [1.54, 1.807) is 12.3 Å². The highest BCUT2D eigenvalue weighted by atomic mass is 32.2. The van der Waals surface area contributed by atoms with Crippen LogP contribution >= 0.6 is 11.8 Å². The number of hydrogen-bond acceptors (Lipinski definition) is 6. The minimum absolute atomic E-state index is 0.0907. The summed E-state index contributed by atoms with van der Waals surface area (Å²) in [6.45, 7) is 5.13. The first-order valence-corrected chi connectivity index (χ1v) is 11.0. The molecule has 6 nitrogen and oxygen atoms in total. The van der Waals surface area contributed by atoms with E-state index in [9.17, 15) is 4.79 Å². The van der Waals surface area contributed by atoms with E-state index < -0.39 is 0 Å². The second kappa shape index (κ2) is 10.6. The van der Waals surface area contributed by atoms with Crippen molar-refractivity contribution in [2.45, 2.75) is 69.3 Å². The maximum absolute atomic E-state index is 12.6. The molecular weight excluding hydrogens is 374 g/mol. The minimum Gasteiger partial charge on any atom is -0.378 e. The first-order chi connectivity index (χ1) is 13.6. The molecule has 1 aliphatic carbocycles. The molecule has 3 rings (SSSR count). The van der Waals surface area contributed by atoms with E-state index in [0.717, 1.165) is 28.5 Å². The lowest BCUT2D eigenvalue weighted by molar-refractivity contribution is 0.0273. The van der Waals surface area contributed by atoms with Crippen molar-refractivity contribution in [1.29, 1.82) is 0 Å². The quantitative estimate of drug-likeness (QED) is 0.492. The van der Waals surface area contributed by atoms with Gasteiger partial charge in [-0.3, -0.25) is 4.79 Å². The molecule has 0 radical (unpaired) electrons. The largest absolute Gasteiger partial charge is 0.378 e. The van der Waals surface area contributed by atoms with Crippen LogP contribution in [0.25, 0.3) is 0 Å². The molecule has 1 amide bonds. The summed E-state index contributed by atoms with van der Waals surface area (Å²) in [6.07, 6.45) is 9.18. The van der Waals surface area contributed by atoms with Crippen molar-refractivity contribution in [2.24, 2.45) is 0 Å². The smallest absolute Gasteiger partial charge is 0.254 e. The van der Waals surface area contributed by atoms with E-state index in [0.29, 0.717) is 30.6 Å². The Hall–Kier alpha value is -1.86. The average molecular weight is 404 g/mol. The minimum atomic E-state index is -0.0907. The van der Waals surface area contributed by atoms with Crippen molar-refractivity contribution >= 4 is 17.7 Å². The van der Waals surface area contributed by atoms with Crippen molar-refractivity contribution in [3.63, 3.8) is 0 Å². The molecule has 1 fully saturated rings. The Labute approximate surface area is 170 Å². The van der Waals surface area contributed by atoms with Crippen molar-refractivity contribution in [3.8, 4) is 0 Å². The molecule has 1 saturated carbocycles. The number of nitrogens with zero attached hydrogens (tertiary/aromatic N) is 2. The summed E-state index contributed by atoms with van der Waals surface area (Å²) >= 11 is 1.53. The molecule has 7 heteroatoms. The Morgan fingerprint density at radius 3 is 2.89 bits per heavy atom. The highest BCUT2D eigenvalue weighted by molar-refractivity contribution is 7.98. The molecule has 0 aromatic carbocycles. The lowest BCUT2D eigenvalue weighted by atomic mass is 9.98. The predicted octanol–water partition coefficient (Wildman–Crippen LogP) is 4.45. The summed E-state index contributed by atoms with van der Waals surface area (Å²) < 4.78 is 11.1. The predicted molar refractivity (Wildman–Crippen MR) is 110 cm³/mol. The molecule has 28 heavy (non-hydrogen) atoms. The van der Waals surface area contributed by atoms with E-state index in [2.05, 4.69) is 15.5 Å². The monoisotopic (exact) mass is 403 g/mol. The fourth-order valence-corrected chi connectivity index (χ4v) is 4.52. The molecule has 0 atom stereocenters. The third kappa shape index (κ3) is 5.82. The van der Waals surface area contributed by atoms with Gasteiger partial charge in [0.05, 0.1) is 17.4 Å². The molecule has 2 heterocycles. The number of carbonyl (C=O) groups excluding carboxylic acids is 1. The Kier molecular flexibility index (Phi) is 7.91. The number of nitrogens with one attached hydrogen (secondary N) is 1. The number of aromatic nitrogens is 2. The molecule has 152 valence electrons. The zero-order valence-corrected chi connectivity index (χ0v) is 17.5. The number of hydrogen-bond donors (Lipinski definition) is 1. The first kappa shape index (κ1) is 20.9. The van der Waals surface area contributed by atoms with Crippen LogP contribution in [0, 0.1) is 13.8 Å². The van der Waals surface area contributed by atoms with E-state index in [4.69, 9.17) is 9.26 Å². The lowest BCUT2D eigenvalue weighted by Crippen LogP contribution is -2.27. The second-order valence-electron chi connectivity index (χ2n) is 7.19. The molecule has 0 saturated heterocycles. The number of carbonyl (C=O) groups is 1. The molecule has 1 N–H and O–H groups in total. The van der Waals surface area contributed by atoms with Gasteiger partial charge in [-0.05, 0) is 45.2 Å². The van der Waals surface area contributed by atoms with Crippen LogP contribution in [-0.4, -0.2) is 35.3 Å². The van der Waals surface area contributed by atoms with Crippen LogP contribution in [0.3, 0.4) is 0 Å². The second-order valence-corrected chi connectivity index (χ2v) is 8.15. The van der Waals surface area contributed by atoms with Gasteiger partial charge in [-0.25, -0.2) is 4.98 Å². The van der Waals surface area contributed by atoms with Gasteiger partial charge in [-0.1, -0.05) is 24.4 Å². The van der Waals surface area contributed by atoms with Crippen LogP contribution in [0.1, 0.15) is 65.9 Å². The topological polar surface area (TPSA) is 77.2 Å². The number of thioether (sulfide) groups is 1. The van der Waals surface area contributed by atoms with Crippen LogP contribution in [-0.2, 0) is 10.5 Å². The molecule has 2 aromatic heterocycles. The summed E-state index contributed by atoms with van der Waals surface area (Å²) in [5.41, 5.74) is 2.54. The van der Waals surface area contributed by atoms with Crippen molar-refractivity contribution in [3.05, 3.63) is 40.9 Å². The Bertz CT molecular complexity index is 753. The highest BCUT2D eigenvalue weighted by Crippen LogP contribution is 2.27. The number of aryl methyl sites for hydroxylation is 2. The molecule has 0 aliphatic heterocycles. The molecule has 2 aromatic rings. The first-order valence-electron chi connectivity index (χ1n) is 10.0. The number of amides is 1. The zero-order valence-electron chi connectivity index (χ0n) is 16.7. The van der Waals surface area contributed by atoms with E-state index in [1.165, 1.54) is 43.9 Å². The summed E-state index contributed by atoms with van der Waals surface area (Å²) in [4.78, 5) is 17.0. The van der Waals surface area contributed by atoms with Crippen LogP contribution in [0.5, 0.6) is 0 Å². The average Bonchev–Trinajstić information content (AvgIpc) is 3.04. The van der Waals surface area contributed by atoms with Gasteiger partial charge in [0, 0.05) is 30.7 Å². The van der Waals surface area contributed by atoms with Gasteiger partial charge >= 0.3 is 0 Å². The Morgan fingerprint density at radius 1 is 1.32 bits per heavy atom. The van der Waals surface area contributed by atoms with Crippen molar-refractivity contribution in [2.75, 3.05) is 13.2 Å². The van der Waals surface area contributed by atoms with Gasteiger partial charge in [-0.15, -0.1) is 11.8 Å². The third-order valence-corrected chi connectivity index (χ3v) is 6.09. The van der Waals surface area contributed by atoms with Crippen LogP contribution < -0.4 is 5.32 Å². The maximum atomic E-state index is 12.6. The molecule has 0 unspecified atom stereocenters. The fraction of sp³-hybridized carbons (Fsp3) is 0.571. The van der Waals surface area contributed by atoms with Gasteiger partial charge in [0.15, 0.2) is 0 Å². The maximum Gasteiger partial charge on any atom is 0.254 e. The number of pyridine rings is 1. The van der Waals surface area contributed by atoms with Gasteiger partial charge in [0.25, 0.3) is 5.91 Å². The lowest BCUT2D eigenvalue weighted by Gasteiger charge is -2.21. The van der Waals surface area contributed by atoms with Crippen LogP contribution in [0.15, 0.2) is 27.9 Å². The molecule has 1 aliphatic rings. The number of ether oxygens (including phenoxy) is 1. The summed E-state index contributed by atoms with van der Waals surface area (Å²) in [5.74, 6) is 1.39. The van der Waals surface area contributed by atoms with E-state index >= 15 is 0 Å². The molecule has 0 bridgehead atoms. The normalized spacial score (nSPS) is 14.9. The highest BCUT2D eigenvalue weighted by Gasteiger charge is 2.16. The number of rotatable bonds is 9.